The summed E-state index contributed by atoms with van der Waals surface area (Å²) < 4.78 is 2.14. The molecule has 11 rings (SSSR count). The van der Waals surface area contributed by atoms with Gasteiger partial charge in [0, 0.05) is 39.5 Å². The van der Waals surface area contributed by atoms with Crippen molar-refractivity contribution in [2.75, 3.05) is 0 Å². The average Bonchev–Trinajstić information content (AvgIpc) is 3.67. The minimum atomic E-state index is 0.921. The van der Waals surface area contributed by atoms with Gasteiger partial charge in [-0.1, -0.05) is 146 Å². The summed E-state index contributed by atoms with van der Waals surface area (Å²) in [5.74, 6) is 0. The fraction of sp³-hybridized carbons (Fsp3) is 0. The summed E-state index contributed by atoms with van der Waals surface area (Å²) in [5.41, 5.74) is 13.0. The SMILES string of the molecule is c1ccc(-c2cc3ccccc3c3c2c(-c2ccccc2)nn3-c2ccc(-c3ccc(-c4cc5cccnc5c5ncccc45)c4ccccc34)cc2)cc1. The van der Waals surface area contributed by atoms with Gasteiger partial charge in [-0.25, -0.2) is 4.68 Å². The third kappa shape index (κ3) is 5.03. The molecule has 4 heteroatoms. The number of hydrogen-bond acceptors (Lipinski definition) is 3. The number of aromatic nitrogens is 4. The highest BCUT2D eigenvalue weighted by Gasteiger charge is 2.21. The summed E-state index contributed by atoms with van der Waals surface area (Å²) in [4.78, 5) is 9.47. The number of rotatable bonds is 5. The molecule has 0 saturated carbocycles. The highest BCUT2D eigenvalue weighted by molar-refractivity contribution is 6.18. The first kappa shape index (κ1) is 31.1. The molecule has 0 aliphatic carbocycles. The second-order valence-corrected chi connectivity index (χ2v) is 14.0. The second-order valence-electron chi connectivity index (χ2n) is 14.0. The van der Waals surface area contributed by atoms with Crippen LogP contribution in [0.5, 0.6) is 0 Å². The van der Waals surface area contributed by atoms with Crippen molar-refractivity contribution in [2.45, 2.75) is 0 Å². The van der Waals surface area contributed by atoms with Crippen LogP contribution in [0.1, 0.15) is 0 Å². The smallest absolute Gasteiger partial charge is 0.101 e. The normalized spacial score (nSPS) is 11.6. The van der Waals surface area contributed by atoms with Crippen LogP contribution in [-0.4, -0.2) is 19.7 Å². The topological polar surface area (TPSA) is 43.6 Å². The van der Waals surface area contributed by atoms with Crippen LogP contribution in [0.4, 0.5) is 0 Å². The molecule has 256 valence electrons. The van der Waals surface area contributed by atoms with E-state index in [1.807, 2.05) is 24.5 Å². The highest BCUT2D eigenvalue weighted by Crippen LogP contribution is 2.43. The Morgan fingerprint density at radius 3 is 1.71 bits per heavy atom. The summed E-state index contributed by atoms with van der Waals surface area (Å²) in [6.07, 6.45) is 3.69. The molecule has 0 unspecified atom stereocenters. The van der Waals surface area contributed by atoms with Gasteiger partial charge >= 0.3 is 0 Å². The van der Waals surface area contributed by atoms with E-state index in [4.69, 9.17) is 10.1 Å². The molecular weight excluding hydrogens is 669 g/mol. The average molecular weight is 701 g/mol. The van der Waals surface area contributed by atoms with Gasteiger partial charge in [-0.3, -0.25) is 9.97 Å². The summed E-state index contributed by atoms with van der Waals surface area (Å²) in [5, 5.41) is 13.5. The Kier molecular flexibility index (Phi) is 7.14. The zero-order chi connectivity index (χ0) is 36.3. The van der Waals surface area contributed by atoms with E-state index in [1.54, 1.807) is 0 Å². The maximum Gasteiger partial charge on any atom is 0.101 e. The Morgan fingerprint density at radius 2 is 0.927 bits per heavy atom. The van der Waals surface area contributed by atoms with E-state index in [9.17, 15) is 0 Å². The van der Waals surface area contributed by atoms with Crippen molar-refractivity contribution in [3.05, 3.63) is 194 Å². The summed E-state index contributed by atoms with van der Waals surface area (Å²) in [7, 11) is 0. The van der Waals surface area contributed by atoms with Crippen LogP contribution in [0.25, 0.3) is 105 Å². The largest absolute Gasteiger partial charge is 0.254 e. The van der Waals surface area contributed by atoms with E-state index in [0.717, 1.165) is 60.8 Å². The van der Waals surface area contributed by atoms with Gasteiger partial charge in [-0.2, -0.15) is 5.10 Å². The van der Waals surface area contributed by atoms with Crippen molar-refractivity contribution in [2.24, 2.45) is 0 Å². The van der Waals surface area contributed by atoms with Crippen molar-refractivity contribution in [3.8, 4) is 50.3 Å². The first-order valence-corrected chi connectivity index (χ1v) is 18.6. The second kappa shape index (κ2) is 12.6. The van der Waals surface area contributed by atoms with E-state index < -0.39 is 0 Å². The lowest BCUT2D eigenvalue weighted by Gasteiger charge is -2.15. The van der Waals surface area contributed by atoms with Gasteiger partial charge in [0.25, 0.3) is 0 Å². The number of fused-ring (bicyclic) bond motifs is 7. The highest BCUT2D eigenvalue weighted by atomic mass is 15.3. The van der Waals surface area contributed by atoms with Gasteiger partial charge in [0.15, 0.2) is 0 Å². The van der Waals surface area contributed by atoms with Crippen molar-refractivity contribution >= 4 is 54.3 Å². The molecule has 3 aromatic heterocycles. The summed E-state index contributed by atoms with van der Waals surface area (Å²) >= 11 is 0. The molecule has 0 atom stereocenters. The van der Waals surface area contributed by atoms with Gasteiger partial charge in [-0.05, 0) is 85.9 Å². The maximum atomic E-state index is 5.42. The van der Waals surface area contributed by atoms with Crippen LogP contribution in [0.3, 0.4) is 0 Å². The third-order valence-electron chi connectivity index (χ3n) is 10.9. The molecular formula is C51H32N4. The van der Waals surface area contributed by atoms with E-state index in [0.29, 0.717) is 0 Å². The Hall–Kier alpha value is -7.43. The monoisotopic (exact) mass is 700 g/mol. The Balaban J connectivity index is 1.09. The molecule has 0 amide bonds. The van der Waals surface area contributed by atoms with Gasteiger partial charge in [0.1, 0.15) is 5.69 Å². The van der Waals surface area contributed by atoms with Crippen molar-refractivity contribution in [3.63, 3.8) is 0 Å². The first-order valence-electron chi connectivity index (χ1n) is 18.6. The number of hydrogen-bond donors (Lipinski definition) is 0. The summed E-state index contributed by atoms with van der Waals surface area (Å²) in [6, 6.07) is 64.8. The predicted molar refractivity (Wildman–Crippen MR) is 228 cm³/mol. The van der Waals surface area contributed by atoms with Gasteiger partial charge in [0.2, 0.25) is 0 Å². The number of pyridine rings is 2. The van der Waals surface area contributed by atoms with Crippen molar-refractivity contribution in [1.82, 2.24) is 19.7 Å². The standard InChI is InChI=1S/C51H32N4/c1-3-13-33(14-4-1)45-31-36-17-7-8-19-40(36)51-47(45)48(35-15-5-2-6-16-35)54-55(51)38-25-23-34(24-26-38)39-27-28-43(42-21-10-9-20-41(39)42)46-32-37-18-11-29-52-49(37)50-44(46)22-12-30-53-50/h1-32H. The van der Waals surface area contributed by atoms with Gasteiger partial charge in [-0.15, -0.1) is 0 Å². The summed E-state index contributed by atoms with van der Waals surface area (Å²) in [6.45, 7) is 0. The van der Waals surface area contributed by atoms with E-state index >= 15 is 0 Å². The Morgan fingerprint density at radius 1 is 0.364 bits per heavy atom. The molecule has 4 nitrogen and oxygen atoms in total. The zero-order valence-electron chi connectivity index (χ0n) is 29.8. The maximum absolute atomic E-state index is 5.42. The molecule has 8 aromatic carbocycles. The van der Waals surface area contributed by atoms with Crippen LogP contribution in [0.2, 0.25) is 0 Å². The molecule has 3 heterocycles. The quantitative estimate of drug-likeness (QED) is 0.168. The molecule has 0 N–H and O–H groups in total. The Labute approximate surface area is 317 Å². The van der Waals surface area contributed by atoms with Crippen LogP contribution < -0.4 is 0 Å². The molecule has 55 heavy (non-hydrogen) atoms. The number of benzene rings is 8. The molecule has 0 spiro atoms. The van der Waals surface area contributed by atoms with Crippen molar-refractivity contribution in [1.29, 1.82) is 0 Å². The molecule has 0 aliphatic heterocycles. The van der Waals surface area contributed by atoms with E-state index in [2.05, 4.69) is 180 Å². The molecule has 0 bridgehead atoms. The van der Waals surface area contributed by atoms with E-state index in [-0.39, 0.29) is 0 Å². The lowest BCUT2D eigenvalue weighted by atomic mass is 9.90. The van der Waals surface area contributed by atoms with Crippen LogP contribution in [0, 0.1) is 0 Å². The predicted octanol–water partition coefficient (Wildman–Crippen LogP) is 13.1. The zero-order valence-corrected chi connectivity index (χ0v) is 29.8. The molecule has 0 saturated heterocycles. The fourth-order valence-corrected chi connectivity index (χ4v) is 8.39. The van der Waals surface area contributed by atoms with Crippen LogP contribution >= 0.6 is 0 Å². The van der Waals surface area contributed by atoms with E-state index in [1.165, 1.54) is 43.8 Å². The van der Waals surface area contributed by atoms with Crippen molar-refractivity contribution < 1.29 is 0 Å². The molecule has 0 fully saturated rings. The van der Waals surface area contributed by atoms with Crippen LogP contribution in [-0.2, 0) is 0 Å². The third-order valence-corrected chi connectivity index (χ3v) is 10.9. The molecule has 0 radical (unpaired) electrons. The van der Waals surface area contributed by atoms with Gasteiger partial charge < -0.3 is 0 Å². The van der Waals surface area contributed by atoms with Crippen LogP contribution in [0.15, 0.2) is 194 Å². The molecule has 11 aromatic rings. The fourth-order valence-electron chi connectivity index (χ4n) is 8.39. The lowest BCUT2D eigenvalue weighted by molar-refractivity contribution is 0.918. The Bertz CT molecular complexity index is 3240. The minimum Gasteiger partial charge on any atom is -0.254 e. The number of nitrogens with zero attached hydrogens (tertiary/aromatic N) is 4. The minimum absolute atomic E-state index is 0.921. The first-order chi connectivity index (χ1) is 27.3. The van der Waals surface area contributed by atoms with Gasteiger partial charge in [0.05, 0.1) is 22.2 Å². The molecule has 0 aliphatic rings. The lowest BCUT2D eigenvalue weighted by Crippen LogP contribution is -1.97.